The summed E-state index contributed by atoms with van der Waals surface area (Å²) >= 11 is 3.14. The number of hydrogen-bond donors (Lipinski definition) is 0. The smallest absolute Gasteiger partial charge is 0.343 e. The zero-order valence-electron chi connectivity index (χ0n) is 13.3. The molecule has 2 aromatic rings. The van der Waals surface area contributed by atoms with Crippen LogP contribution in [0.25, 0.3) is 0 Å². The van der Waals surface area contributed by atoms with Gasteiger partial charge in [0.15, 0.2) is 11.6 Å². The van der Waals surface area contributed by atoms with E-state index in [2.05, 4.69) is 15.9 Å². The number of carbonyl (C=O) groups is 1. The molecule has 0 fully saturated rings. The number of rotatable bonds is 3. The molecule has 0 saturated heterocycles. The van der Waals surface area contributed by atoms with E-state index in [0.29, 0.717) is 29.5 Å². The molecule has 1 heterocycles. The van der Waals surface area contributed by atoms with E-state index in [0.717, 1.165) is 11.8 Å². The van der Waals surface area contributed by atoms with Crippen LogP contribution in [-0.4, -0.2) is 27.2 Å². The fourth-order valence-corrected chi connectivity index (χ4v) is 4.08. The van der Waals surface area contributed by atoms with Gasteiger partial charge in [-0.05, 0) is 54.8 Å². The number of sulfonamides is 1. The first kappa shape index (κ1) is 17.9. The highest BCUT2D eigenvalue weighted by atomic mass is 79.9. The molecule has 0 aromatic heterocycles. The summed E-state index contributed by atoms with van der Waals surface area (Å²) in [4.78, 5) is 12.3. The molecule has 1 aliphatic heterocycles. The molecule has 0 spiro atoms. The minimum Gasteiger partial charge on any atom is -0.420 e. The highest BCUT2D eigenvalue weighted by Gasteiger charge is 2.25. The predicted molar refractivity (Wildman–Crippen MR) is 96.0 cm³/mol. The molecule has 0 aliphatic carbocycles. The first-order chi connectivity index (χ1) is 11.8. The number of halogens is 2. The maximum atomic E-state index is 13.8. The Morgan fingerprint density at radius 3 is 2.68 bits per heavy atom. The summed E-state index contributed by atoms with van der Waals surface area (Å²) in [5.41, 5.74) is 1.57. The minimum absolute atomic E-state index is 0.163. The highest BCUT2D eigenvalue weighted by Crippen LogP contribution is 2.30. The normalized spacial score (nSPS) is 14.1. The molecular weight excluding hydrogens is 413 g/mol. The third-order valence-electron chi connectivity index (χ3n) is 3.89. The Morgan fingerprint density at radius 2 is 2.00 bits per heavy atom. The van der Waals surface area contributed by atoms with Crippen LogP contribution in [0.1, 0.15) is 22.3 Å². The van der Waals surface area contributed by atoms with Gasteiger partial charge in [-0.2, -0.15) is 0 Å². The Balaban J connectivity index is 1.88. The fourth-order valence-electron chi connectivity index (χ4n) is 2.75. The average molecular weight is 428 g/mol. The maximum absolute atomic E-state index is 13.8. The molecule has 3 rings (SSSR count). The lowest BCUT2D eigenvalue weighted by atomic mass is 10.0. The van der Waals surface area contributed by atoms with Crippen molar-refractivity contribution < 1.29 is 22.3 Å². The van der Waals surface area contributed by atoms with E-state index >= 15 is 0 Å². The molecule has 5 nitrogen and oxygen atoms in total. The molecule has 0 atom stereocenters. The van der Waals surface area contributed by atoms with Gasteiger partial charge >= 0.3 is 5.97 Å². The van der Waals surface area contributed by atoms with Crippen molar-refractivity contribution in [1.29, 1.82) is 0 Å². The number of ether oxygens (including phenoxy) is 1. The summed E-state index contributed by atoms with van der Waals surface area (Å²) in [6, 6.07) is 8.82. The topological polar surface area (TPSA) is 63.7 Å². The van der Waals surface area contributed by atoms with Gasteiger partial charge in [-0.25, -0.2) is 17.6 Å². The van der Waals surface area contributed by atoms with Gasteiger partial charge in [-0.3, -0.25) is 4.31 Å². The Morgan fingerprint density at radius 1 is 1.24 bits per heavy atom. The number of fused-ring (bicyclic) bond motifs is 1. The van der Waals surface area contributed by atoms with Crippen LogP contribution in [0.5, 0.6) is 5.75 Å². The van der Waals surface area contributed by atoms with Crippen LogP contribution in [0.15, 0.2) is 40.9 Å². The van der Waals surface area contributed by atoms with Gasteiger partial charge in [0.25, 0.3) is 0 Å². The average Bonchev–Trinajstić information content (AvgIpc) is 2.55. The van der Waals surface area contributed by atoms with E-state index in [4.69, 9.17) is 4.74 Å². The molecule has 2 aromatic carbocycles. The molecule has 1 aliphatic rings. The number of benzene rings is 2. The lowest BCUT2D eigenvalue weighted by Crippen LogP contribution is -2.34. The lowest BCUT2D eigenvalue weighted by Gasteiger charge is -2.29. The van der Waals surface area contributed by atoms with Crippen molar-refractivity contribution in [3.63, 3.8) is 0 Å². The second kappa shape index (κ2) is 6.76. The molecule has 0 amide bonds. The van der Waals surface area contributed by atoms with Crippen LogP contribution in [0.3, 0.4) is 0 Å². The Hall–Kier alpha value is -1.93. The molecule has 8 heteroatoms. The van der Waals surface area contributed by atoms with Gasteiger partial charge in [0, 0.05) is 11.0 Å². The number of nitrogens with zero attached hydrogens (tertiary/aromatic N) is 1. The van der Waals surface area contributed by atoms with Gasteiger partial charge in [0.05, 0.1) is 17.5 Å². The predicted octanol–water partition coefficient (Wildman–Crippen LogP) is 3.52. The zero-order valence-corrected chi connectivity index (χ0v) is 15.7. The van der Waals surface area contributed by atoms with Crippen molar-refractivity contribution in [1.82, 2.24) is 0 Å². The molecule has 0 radical (unpaired) electrons. The van der Waals surface area contributed by atoms with E-state index in [1.165, 1.54) is 22.5 Å². The lowest BCUT2D eigenvalue weighted by molar-refractivity contribution is 0.0727. The summed E-state index contributed by atoms with van der Waals surface area (Å²) in [7, 11) is -3.37. The SMILES string of the molecule is CS(=O)(=O)N1CCCc2cc(C(=O)Oc3ccc(Br)cc3F)ccc21. The number of esters is 1. The molecule has 0 unspecified atom stereocenters. The second-order valence-corrected chi connectivity index (χ2v) is 8.57. The van der Waals surface area contributed by atoms with Crippen LogP contribution >= 0.6 is 15.9 Å². The van der Waals surface area contributed by atoms with Crippen LogP contribution in [0.2, 0.25) is 0 Å². The van der Waals surface area contributed by atoms with Gasteiger partial charge in [0.2, 0.25) is 10.0 Å². The first-order valence-corrected chi connectivity index (χ1v) is 10.2. The van der Waals surface area contributed by atoms with E-state index in [1.807, 2.05) is 0 Å². The van der Waals surface area contributed by atoms with Crippen molar-refractivity contribution in [3.05, 3.63) is 57.8 Å². The van der Waals surface area contributed by atoms with E-state index in [-0.39, 0.29) is 11.3 Å². The van der Waals surface area contributed by atoms with Crippen LogP contribution in [0, 0.1) is 5.82 Å². The highest BCUT2D eigenvalue weighted by molar-refractivity contribution is 9.10. The summed E-state index contributed by atoms with van der Waals surface area (Å²) in [6.07, 6.45) is 2.48. The van der Waals surface area contributed by atoms with E-state index in [1.54, 1.807) is 18.2 Å². The molecule has 132 valence electrons. The molecular formula is C17H15BrFNO4S. The van der Waals surface area contributed by atoms with Crippen molar-refractivity contribution in [2.45, 2.75) is 12.8 Å². The summed E-state index contributed by atoms with van der Waals surface area (Å²) in [5.74, 6) is -1.51. The van der Waals surface area contributed by atoms with E-state index < -0.39 is 21.8 Å². The summed E-state index contributed by atoms with van der Waals surface area (Å²) < 4.78 is 44.5. The first-order valence-electron chi connectivity index (χ1n) is 7.53. The summed E-state index contributed by atoms with van der Waals surface area (Å²) in [5, 5.41) is 0. The fraction of sp³-hybridized carbons (Fsp3) is 0.235. The quantitative estimate of drug-likeness (QED) is 0.555. The van der Waals surface area contributed by atoms with Gasteiger partial charge < -0.3 is 4.74 Å². The van der Waals surface area contributed by atoms with Gasteiger partial charge in [0.1, 0.15) is 0 Å². The number of hydrogen-bond acceptors (Lipinski definition) is 4. The van der Waals surface area contributed by atoms with Gasteiger partial charge in [-0.1, -0.05) is 15.9 Å². The number of anilines is 1. The Kier molecular flexibility index (Phi) is 4.83. The maximum Gasteiger partial charge on any atom is 0.343 e. The zero-order chi connectivity index (χ0) is 18.2. The van der Waals surface area contributed by atoms with Gasteiger partial charge in [-0.15, -0.1) is 0 Å². The Bertz CT molecular complexity index is 946. The standard InChI is InChI=1S/C17H15BrFNO4S/c1-25(22,23)20-8-2-3-11-9-12(4-6-15(11)20)17(21)24-16-7-5-13(18)10-14(16)19/h4-7,9-10H,2-3,8H2,1H3. The van der Waals surface area contributed by atoms with Crippen LogP contribution in [0.4, 0.5) is 10.1 Å². The van der Waals surface area contributed by atoms with Crippen molar-refractivity contribution in [2.24, 2.45) is 0 Å². The number of aryl methyl sites for hydroxylation is 1. The monoisotopic (exact) mass is 427 g/mol. The third-order valence-corrected chi connectivity index (χ3v) is 5.56. The summed E-state index contributed by atoms with van der Waals surface area (Å²) in [6.45, 7) is 0.416. The number of carbonyl (C=O) groups excluding carboxylic acids is 1. The van der Waals surface area contributed by atoms with Crippen molar-refractivity contribution >= 4 is 37.6 Å². The van der Waals surface area contributed by atoms with Crippen LogP contribution in [-0.2, 0) is 16.4 Å². The largest absolute Gasteiger partial charge is 0.420 e. The van der Waals surface area contributed by atoms with Crippen LogP contribution < -0.4 is 9.04 Å². The minimum atomic E-state index is -3.37. The van der Waals surface area contributed by atoms with Crippen molar-refractivity contribution in [2.75, 3.05) is 17.1 Å². The third kappa shape index (κ3) is 3.85. The second-order valence-electron chi connectivity index (χ2n) is 5.75. The molecule has 0 bridgehead atoms. The molecule has 25 heavy (non-hydrogen) atoms. The van der Waals surface area contributed by atoms with E-state index in [9.17, 15) is 17.6 Å². The Labute approximate surface area is 153 Å². The van der Waals surface area contributed by atoms with Crippen molar-refractivity contribution in [3.8, 4) is 5.75 Å². The molecule has 0 saturated carbocycles. The molecule has 0 N–H and O–H groups in total.